The Balaban J connectivity index is 2.29. The minimum atomic E-state index is -0.326. The molecule has 0 unspecified atom stereocenters. The highest BCUT2D eigenvalue weighted by molar-refractivity contribution is 5.86. The summed E-state index contributed by atoms with van der Waals surface area (Å²) in [6.07, 6.45) is 6.94. The third-order valence-corrected chi connectivity index (χ3v) is 2.31. The number of carbonyl (C=O) groups is 1. The Hall–Kier alpha value is -2.01. The molecule has 88 valence electrons. The Bertz CT molecular complexity index is 435. The molecule has 0 heterocycles. The van der Waals surface area contributed by atoms with Gasteiger partial charge in [-0.15, -0.1) is 6.42 Å². The molecule has 0 bridgehead atoms. The summed E-state index contributed by atoms with van der Waals surface area (Å²) in [5.74, 6) is 2.24. The van der Waals surface area contributed by atoms with Crippen molar-refractivity contribution in [2.45, 2.75) is 19.8 Å². The van der Waals surface area contributed by atoms with Crippen molar-refractivity contribution in [3.05, 3.63) is 47.5 Å². The van der Waals surface area contributed by atoms with Gasteiger partial charge in [-0.05, 0) is 37.5 Å². The normalized spacial score (nSPS) is 9.41. The summed E-state index contributed by atoms with van der Waals surface area (Å²) < 4.78 is 5.00. The first kappa shape index (κ1) is 13.1. The molecular formula is C15H16O2. The molecule has 0 aliphatic carbocycles. The second kappa shape index (κ2) is 6.55. The van der Waals surface area contributed by atoms with Crippen LogP contribution in [0.15, 0.2) is 36.4 Å². The molecule has 1 rings (SSSR count). The first-order valence-electron chi connectivity index (χ1n) is 5.51. The summed E-state index contributed by atoms with van der Waals surface area (Å²) in [6, 6.07) is 7.82. The van der Waals surface area contributed by atoms with Gasteiger partial charge in [0.1, 0.15) is 0 Å². The zero-order valence-electron chi connectivity index (χ0n) is 10.0. The van der Waals surface area contributed by atoms with Crippen molar-refractivity contribution in [1.82, 2.24) is 0 Å². The Morgan fingerprint density at radius 3 is 2.59 bits per heavy atom. The van der Waals surface area contributed by atoms with E-state index in [0.29, 0.717) is 12.2 Å². The fourth-order valence-electron chi connectivity index (χ4n) is 1.33. The lowest BCUT2D eigenvalue weighted by atomic mass is 10.1. The predicted molar refractivity (Wildman–Crippen MR) is 68.5 cm³/mol. The van der Waals surface area contributed by atoms with Crippen LogP contribution in [-0.4, -0.2) is 12.6 Å². The highest BCUT2D eigenvalue weighted by Gasteiger charge is 2.02. The fraction of sp³-hybridized carbons (Fsp3) is 0.267. The van der Waals surface area contributed by atoms with Crippen LogP contribution in [0.3, 0.4) is 0 Å². The van der Waals surface area contributed by atoms with Crippen LogP contribution < -0.4 is 0 Å². The minimum Gasteiger partial charge on any atom is -0.462 e. The lowest BCUT2D eigenvalue weighted by molar-refractivity contribution is -0.139. The molecule has 0 radical (unpaired) electrons. The first-order valence-corrected chi connectivity index (χ1v) is 5.51. The zero-order chi connectivity index (χ0) is 12.7. The van der Waals surface area contributed by atoms with E-state index in [9.17, 15) is 4.79 Å². The number of ether oxygens (including phenoxy) is 1. The third kappa shape index (κ3) is 4.56. The minimum absolute atomic E-state index is 0.326. The molecule has 0 amide bonds. The molecule has 0 saturated heterocycles. The lowest BCUT2D eigenvalue weighted by Crippen LogP contribution is -2.06. The second-order valence-corrected chi connectivity index (χ2v) is 3.86. The van der Waals surface area contributed by atoms with Crippen LogP contribution in [0.25, 0.3) is 0 Å². The Morgan fingerprint density at radius 2 is 2.06 bits per heavy atom. The van der Waals surface area contributed by atoms with E-state index in [2.05, 4.69) is 12.5 Å². The number of hydrogen-bond donors (Lipinski definition) is 0. The van der Waals surface area contributed by atoms with Gasteiger partial charge in [-0.25, -0.2) is 4.79 Å². The highest BCUT2D eigenvalue weighted by Crippen LogP contribution is 2.06. The molecule has 2 heteroatoms. The van der Waals surface area contributed by atoms with Crippen LogP contribution in [0.2, 0.25) is 0 Å². The number of carbonyl (C=O) groups excluding carboxylic acids is 1. The molecule has 0 fully saturated rings. The molecule has 0 aromatic heterocycles. The molecule has 0 aliphatic heterocycles. The van der Waals surface area contributed by atoms with E-state index in [4.69, 9.17) is 11.2 Å². The quantitative estimate of drug-likeness (QED) is 0.335. The molecule has 0 spiro atoms. The number of rotatable bonds is 5. The summed E-state index contributed by atoms with van der Waals surface area (Å²) in [5.41, 5.74) is 2.50. The summed E-state index contributed by atoms with van der Waals surface area (Å²) in [6.45, 7) is 5.58. The molecule has 2 nitrogen and oxygen atoms in total. The van der Waals surface area contributed by atoms with Crippen LogP contribution in [-0.2, 0) is 16.0 Å². The average Bonchev–Trinajstić information content (AvgIpc) is 2.35. The van der Waals surface area contributed by atoms with E-state index in [1.165, 1.54) is 5.56 Å². The van der Waals surface area contributed by atoms with E-state index in [0.717, 1.165) is 18.4 Å². The molecule has 0 saturated carbocycles. The molecule has 0 aliphatic rings. The number of aryl methyl sites for hydroxylation is 1. The van der Waals surface area contributed by atoms with Gasteiger partial charge in [0.25, 0.3) is 0 Å². The summed E-state index contributed by atoms with van der Waals surface area (Å²) in [5, 5.41) is 0. The van der Waals surface area contributed by atoms with E-state index in [1.807, 2.05) is 24.3 Å². The third-order valence-electron chi connectivity index (χ3n) is 2.31. The van der Waals surface area contributed by atoms with Crippen molar-refractivity contribution in [1.29, 1.82) is 0 Å². The number of terminal acetylenes is 1. The summed E-state index contributed by atoms with van der Waals surface area (Å²) >= 11 is 0. The Labute approximate surface area is 102 Å². The van der Waals surface area contributed by atoms with Gasteiger partial charge in [-0.3, -0.25) is 0 Å². The molecular weight excluding hydrogens is 212 g/mol. The van der Waals surface area contributed by atoms with Crippen LogP contribution >= 0.6 is 0 Å². The fourth-order valence-corrected chi connectivity index (χ4v) is 1.33. The van der Waals surface area contributed by atoms with E-state index in [1.54, 1.807) is 6.92 Å². The van der Waals surface area contributed by atoms with Gasteiger partial charge >= 0.3 is 5.97 Å². The van der Waals surface area contributed by atoms with Gasteiger partial charge < -0.3 is 4.74 Å². The number of esters is 1. The van der Waals surface area contributed by atoms with Crippen LogP contribution in [0.4, 0.5) is 0 Å². The van der Waals surface area contributed by atoms with Gasteiger partial charge in [0.15, 0.2) is 0 Å². The largest absolute Gasteiger partial charge is 0.462 e. The topological polar surface area (TPSA) is 26.3 Å². The predicted octanol–water partition coefficient (Wildman–Crippen LogP) is 2.72. The summed E-state index contributed by atoms with van der Waals surface area (Å²) in [7, 11) is 0. The van der Waals surface area contributed by atoms with Crippen LogP contribution in [0.5, 0.6) is 0 Å². The maximum Gasteiger partial charge on any atom is 0.333 e. The Kier molecular flexibility index (Phi) is 5.03. The van der Waals surface area contributed by atoms with E-state index < -0.39 is 0 Å². The van der Waals surface area contributed by atoms with Gasteiger partial charge in [0, 0.05) is 11.1 Å². The van der Waals surface area contributed by atoms with Gasteiger partial charge in [0.2, 0.25) is 0 Å². The van der Waals surface area contributed by atoms with Crippen molar-refractivity contribution in [3.63, 3.8) is 0 Å². The Morgan fingerprint density at radius 1 is 1.41 bits per heavy atom. The van der Waals surface area contributed by atoms with E-state index in [-0.39, 0.29) is 5.97 Å². The molecule has 1 aromatic carbocycles. The average molecular weight is 228 g/mol. The molecule has 1 aromatic rings. The number of hydrogen-bond acceptors (Lipinski definition) is 2. The smallest absolute Gasteiger partial charge is 0.333 e. The molecule has 0 atom stereocenters. The van der Waals surface area contributed by atoms with Crippen LogP contribution in [0.1, 0.15) is 24.5 Å². The van der Waals surface area contributed by atoms with Gasteiger partial charge in [0.05, 0.1) is 6.61 Å². The maximum atomic E-state index is 11.1. The standard InChI is InChI=1S/C15H16O2/c1-4-13-7-9-14(10-8-13)6-5-11-17-15(16)12(2)3/h1,7-10H,2,5-6,11H2,3H3. The van der Waals surface area contributed by atoms with Gasteiger partial charge in [-0.1, -0.05) is 24.6 Å². The van der Waals surface area contributed by atoms with Crippen molar-refractivity contribution in [2.24, 2.45) is 0 Å². The van der Waals surface area contributed by atoms with E-state index >= 15 is 0 Å². The van der Waals surface area contributed by atoms with Crippen molar-refractivity contribution in [2.75, 3.05) is 6.61 Å². The van der Waals surface area contributed by atoms with Crippen LogP contribution in [0, 0.1) is 12.3 Å². The number of benzene rings is 1. The zero-order valence-corrected chi connectivity index (χ0v) is 10.0. The summed E-state index contributed by atoms with van der Waals surface area (Å²) in [4.78, 5) is 11.1. The monoisotopic (exact) mass is 228 g/mol. The highest BCUT2D eigenvalue weighted by atomic mass is 16.5. The maximum absolute atomic E-state index is 11.1. The SMILES string of the molecule is C#Cc1ccc(CCCOC(=O)C(=C)C)cc1. The first-order chi connectivity index (χ1) is 8.13. The van der Waals surface area contributed by atoms with Crippen molar-refractivity contribution < 1.29 is 9.53 Å². The van der Waals surface area contributed by atoms with Crippen molar-refractivity contribution >= 4 is 5.97 Å². The molecule has 17 heavy (non-hydrogen) atoms. The van der Waals surface area contributed by atoms with Crippen molar-refractivity contribution in [3.8, 4) is 12.3 Å². The lowest BCUT2D eigenvalue weighted by Gasteiger charge is -2.04. The van der Waals surface area contributed by atoms with Gasteiger partial charge in [-0.2, -0.15) is 0 Å². The second-order valence-electron chi connectivity index (χ2n) is 3.86. The molecule has 0 N–H and O–H groups in total.